The van der Waals surface area contributed by atoms with Gasteiger partial charge in [-0.15, -0.1) is 0 Å². The summed E-state index contributed by atoms with van der Waals surface area (Å²) in [6.07, 6.45) is 7.98. The van der Waals surface area contributed by atoms with Crippen LogP contribution < -0.4 is 29.6 Å². The van der Waals surface area contributed by atoms with Crippen LogP contribution >= 0.6 is 31.9 Å². The van der Waals surface area contributed by atoms with E-state index in [0.29, 0.717) is 56.4 Å². The van der Waals surface area contributed by atoms with Crippen molar-refractivity contribution in [1.82, 2.24) is 40.5 Å². The van der Waals surface area contributed by atoms with Crippen LogP contribution in [0.25, 0.3) is 11.1 Å². The van der Waals surface area contributed by atoms with Crippen molar-refractivity contribution in [2.75, 3.05) is 26.3 Å². The van der Waals surface area contributed by atoms with Gasteiger partial charge in [0.25, 0.3) is 0 Å². The summed E-state index contributed by atoms with van der Waals surface area (Å²) >= 11 is 7.22. The largest absolute Gasteiger partial charge is 0.481 e. The number of carbonyl (C=O) groups is 2. The number of nitrogens with one attached hydrogen (secondary N) is 2. The number of aliphatic carboxylic acids is 2. The number of benzene rings is 2. The van der Waals surface area contributed by atoms with Crippen LogP contribution in [-0.2, 0) is 48.7 Å². The molecule has 68 heavy (non-hydrogen) atoms. The highest BCUT2D eigenvalue weighted by atomic mass is 79.9. The van der Waals surface area contributed by atoms with Gasteiger partial charge in [-0.3, -0.25) is 9.59 Å². The maximum Gasteiger partial charge on any atom is 0.306 e. The zero-order chi connectivity index (χ0) is 48.4. The van der Waals surface area contributed by atoms with Crippen molar-refractivity contribution < 1.29 is 49.0 Å². The fourth-order valence-electron chi connectivity index (χ4n) is 6.99. The van der Waals surface area contributed by atoms with E-state index in [1.165, 1.54) is 12.7 Å². The topological polar surface area (TPSA) is 253 Å². The van der Waals surface area contributed by atoms with Crippen LogP contribution in [0.2, 0.25) is 0 Å². The van der Waals surface area contributed by atoms with E-state index in [1.807, 2.05) is 50.2 Å². The molecule has 4 heterocycles. The van der Waals surface area contributed by atoms with Crippen molar-refractivity contribution in [2.24, 2.45) is 0 Å². The summed E-state index contributed by atoms with van der Waals surface area (Å²) in [7, 11) is 0. The van der Waals surface area contributed by atoms with Crippen molar-refractivity contribution in [2.45, 2.75) is 78.0 Å². The average Bonchev–Trinajstić information content (AvgIpc) is 3.30. The molecule has 0 amide bonds. The van der Waals surface area contributed by atoms with Crippen molar-refractivity contribution in [1.29, 1.82) is 0 Å². The second-order valence-electron chi connectivity index (χ2n) is 15.7. The molecule has 0 aliphatic heterocycles. The van der Waals surface area contributed by atoms with Gasteiger partial charge in [-0.25, -0.2) is 19.9 Å². The number of hydrogen-bond donors (Lipinski definition) is 6. The zero-order valence-corrected chi connectivity index (χ0v) is 40.6. The SMILES string of the molecule is Cc1c(COc2nc(OCCc3cncnc3)c(CNCC(O)CC(=O)O)cc2Br)cccc1-c1cccc(COc2nc(OCCc3cncnc3)c(CNCC(O)CC(=O)O)cc2Br)c1C. The van der Waals surface area contributed by atoms with Gasteiger partial charge in [-0.05, 0) is 102 Å². The number of hydrogen-bond acceptors (Lipinski definition) is 16. The molecule has 20 heteroatoms. The molecule has 0 radical (unpaired) electrons. The molecule has 6 rings (SSSR count). The van der Waals surface area contributed by atoms with Crippen molar-refractivity contribution in [3.63, 3.8) is 0 Å². The summed E-state index contributed by atoms with van der Waals surface area (Å²) in [5.74, 6) is -0.898. The quantitative estimate of drug-likeness (QED) is 0.0340. The average molecular weight is 1060 g/mol. The third-order valence-electron chi connectivity index (χ3n) is 10.6. The van der Waals surface area contributed by atoms with E-state index in [9.17, 15) is 19.8 Å². The normalized spacial score (nSPS) is 12.0. The first-order valence-electron chi connectivity index (χ1n) is 21.6. The van der Waals surface area contributed by atoms with Crippen LogP contribution in [0.1, 0.15) is 57.3 Å². The molecule has 2 atom stereocenters. The Balaban J connectivity index is 1.15. The highest BCUT2D eigenvalue weighted by molar-refractivity contribution is 9.10. The van der Waals surface area contributed by atoms with Gasteiger partial charge in [-0.1, -0.05) is 36.4 Å². The Morgan fingerprint density at radius 2 is 0.985 bits per heavy atom. The van der Waals surface area contributed by atoms with Crippen LogP contribution in [0.15, 0.2) is 94.9 Å². The predicted molar refractivity (Wildman–Crippen MR) is 256 cm³/mol. The Kier molecular flexibility index (Phi) is 19.5. The number of carboxylic acid groups (broad SMARTS) is 2. The maximum absolute atomic E-state index is 11.0. The van der Waals surface area contributed by atoms with Gasteiger partial charge in [0.05, 0.1) is 47.2 Å². The molecular weight excluding hydrogens is 1010 g/mol. The summed E-state index contributed by atoms with van der Waals surface area (Å²) in [4.78, 5) is 47.8. The molecule has 2 aromatic carbocycles. The summed E-state index contributed by atoms with van der Waals surface area (Å²) in [5, 5.41) is 44.4. The summed E-state index contributed by atoms with van der Waals surface area (Å²) in [6, 6.07) is 15.8. The van der Waals surface area contributed by atoms with Gasteiger partial charge >= 0.3 is 11.9 Å². The molecule has 0 aliphatic rings. The second kappa shape index (κ2) is 25.8. The Morgan fingerprint density at radius 3 is 1.37 bits per heavy atom. The maximum atomic E-state index is 11.0. The fraction of sp³-hybridized carbons (Fsp3) is 0.333. The summed E-state index contributed by atoms with van der Waals surface area (Å²) in [5.41, 5.74) is 9.08. The minimum absolute atomic E-state index is 0.0620. The Labute approximate surface area is 409 Å². The van der Waals surface area contributed by atoms with Gasteiger partial charge in [0.2, 0.25) is 23.5 Å². The number of ether oxygens (including phenoxy) is 4. The Bertz CT molecular complexity index is 2440. The molecule has 0 bridgehead atoms. The van der Waals surface area contributed by atoms with Crippen molar-refractivity contribution in [3.8, 4) is 34.6 Å². The lowest BCUT2D eigenvalue weighted by Gasteiger charge is -2.18. The number of pyridine rings is 2. The van der Waals surface area contributed by atoms with Crippen LogP contribution in [0, 0.1) is 13.8 Å². The monoisotopic (exact) mass is 1060 g/mol. The number of aromatic nitrogens is 6. The molecule has 4 aromatic heterocycles. The molecule has 2 unspecified atom stereocenters. The van der Waals surface area contributed by atoms with E-state index in [-0.39, 0.29) is 65.4 Å². The first-order valence-corrected chi connectivity index (χ1v) is 23.2. The van der Waals surface area contributed by atoms with Crippen LogP contribution in [0.4, 0.5) is 0 Å². The Hall–Kier alpha value is -6.16. The van der Waals surface area contributed by atoms with Gasteiger partial charge in [0, 0.05) is 74.9 Å². The smallest absolute Gasteiger partial charge is 0.306 e. The highest BCUT2D eigenvalue weighted by Crippen LogP contribution is 2.35. The van der Waals surface area contributed by atoms with Gasteiger partial charge < -0.3 is 50.0 Å². The fourth-order valence-corrected chi connectivity index (χ4v) is 7.95. The minimum atomic E-state index is -1.09. The lowest BCUT2D eigenvalue weighted by molar-refractivity contribution is -0.140. The van der Waals surface area contributed by atoms with Crippen LogP contribution in [-0.4, -0.2) is 101 Å². The number of rotatable bonds is 27. The first kappa shape index (κ1) is 51.2. The molecule has 6 N–H and O–H groups in total. The molecule has 18 nitrogen and oxygen atoms in total. The molecule has 6 aromatic rings. The third kappa shape index (κ3) is 15.4. The van der Waals surface area contributed by atoms with Crippen molar-refractivity contribution >= 4 is 43.8 Å². The van der Waals surface area contributed by atoms with Gasteiger partial charge in [0.1, 0.15) is 25.9 Å². The molecule has 358 valence electrons. The number of nitrogens with zero attached hydrogens (tertiary/aromatic N) is 6. The van der Waals surface area contributed by atoms with Gasteiger partial charge in [-0.2, -0.15) is 9.97 Å². The van der Waals surface area contributed by atoms with E-state index >= 15 is 0 Å². The number of halogens is 2. The Morgan fingerprint density at radius 1 is 0.588 bits per heavy atom. The lowest BCUT2D eigenvalue weighted by atomic mass is 9.92. The molecule has 0 fully saturated rings. The van der Waals surface area contributed by atoms with E-state index in [0.717, 1.165) is 44.5 Å². The van der Waals surface area contributed by atoms with E-state index < -0.39 is 24.1 Å². The molecule has 0 saturated carbocycles. The second-order valence-corrected chi connectivity index (χ2v) is 17.4. The minimum Gasteiger partial charge on any atom is -0.481 e. The summed E-state index contributed by atoms with van der Waals surface area (Å²) < 4.78 is 26.1. The van der Waals surface area contributed by atoms with Crippen LogP contribution in [0.3, 0.4) is 0 Å². The van der Waals surface area contributed by atoms with Gasteiger partial charge in [0.15, 0.2) is 0 Å². The van der Waals surface area contributed by atoms with E-state index in [4.69, 9.17) is 39.1 Å². The molecular formula is C48H52Br2N8O10. The first-order chi connectivity index (χ1) is 32.8. The van der Waals surface area contributed by atoms with Crippen LogP contribution in [0.5, 0.6) is 23.5 Å². The summed E-state index contributed by atoms with van der Waals surface area (Å²) in [6.45, 7) is 5.68. The predicted octanol–water partition coefficient (Wildman–Crippen LogP) is 6.12. The zero-order valence-electron chi connectivity index (χ0n) is 37.4. The van der Waals surface area contributed by atoms with Crippen molar-refractivity contribution in [3.05, 3.63) is 139 Å². The number of aliphatic hydroxyl groups is 2. The van der Waals surface area contributed by atoms with E-state index in [1.54, 1.807) is 24.8 Å². The number of carboxylic acids is 2. The molecule has 0 saturated heterocycles. The third-order valence-corrected chi connectivity index (χ3v) is 11.7. The molecule has 0 aliphatic carbocycles. The lowest BCUT2D eigenvalue weighted by Crippen LogP contribution is -2.28. The highest BCUT2D eigenvalue weighted by Gasteiger charge is 2.19. The van der Waals surface area contributed by atoms with E-state index in [2.05, 4.69) is 74.6 Å². The number of aliphatic hydroxyl groups excluding tert-OH is 2. The standard InChI is InChI=1S/C48H52Br2N8O10/c1-29-33(25-67-47-41(49)13-35(21-51-23-37(59)15-43(61)62)45(57-47)65-11-9-31-17-53-27-54-18-31)5-3-7-39(29)40-8-4-6-34(30(40)2)26-68-48-42(50)14-36(22-52-24-38(60)16-44(63)64)46(58-48)66-12-10-32-19-55-28-56-20-32/h3-8,13-14,17-20,27-28,37-38,51-52,59-60H,9-12,15-16,21-26H2,1-2H3,(H,61,62)(H,63,64). The molecule has 0 spiro atoms.